The molecule has 0 aliphatic rings. The minimum Gasteiger partial charge on any atom is -0.481 e. The van der Waals surface area contributed by atoms with Crippen LogP contribution >= 0.6 is 0 Å². The predicted octanol–water partition coefficient (Wildman–Crippen LogP) is 3.37. The number of hydrogen-bond acceptors (Lipinski definition) is 6. The Balaban J connectivity index is 0.000000757. The smallest absolute Gasteiger partial charge is 0.410 e. The monoisotopic (exact) mass is 546 g/mol. The van der Waals surface area contributed by atoms with Gasteiger partial charge in [-0.25, -0.2) is 13.2 Å². The van der Waals surface area contributed by atoms with Gasteiger partial charge in [0.25, 0.3) is 5.56 Å². The third-order valence-electron chi connectivity index (χ3n) is 5.26. The van der Waals surface area contributed by atoms with Gasteiger partial charge in [0.1, 0.15) is 11.1 Å². The molecule has 11 nitrogen and oxygen atoms in total. The lowest BCUT2D eigenvalue weighted by atomic mass is 10.1. The number of carbonyl (C=O) groups is 2. The van der Waals surface area contributed by atoms with E-state index in [4.69, 9.17) is 16.3 Å². The quantitative estimate of drug-likeness (QED) is 0.366. The summed E-state index contributed by atoms with van der Waals surface area (Å²) in [6.45, 7) is 7.03. The first-order valence-electron chi connectivity index (χ1n) is 11.9. The molecule has 0 aliphatic heterocycles. The number of nitrogens with zero attached hydrogens (tertiary/aromatic N) is 2. The van der Waals surface area contributed by atoms with Gasteiger partial charge in [-0.15, -0.1) is 6.42 Å². The van der Waals surface area contributed by atoms with Gasteiger partial charge in [0.15, 0.2) is 0 Å². The average molecular weight is 547 g/mol. The molecule has 0 fully saturated rings. The Kier molecular flexibility index (Phi) is 10.1. The van der Waals surface area contributed by atoms with Crippen molar-refractivity contribution >= 4 is 43.9 Å². The summed E-state index contributed by atoms with van der Waals surface area (Å²) in [4.78, 5) is 40.9. The van der Waals surface area contributed by atoms with Crippen molar-refractivity contribution in [1.82, 2.24) is 19.2 Å². The first-order valence-corrected chi connectivity index (χ1v) is 13.4. The molecular weight excluding hydrogens is 512 g/mol. The fraction of sp³-hybridized carbons (Fsp3) is 0.423. The predicted molar refractivity (Wildman–Crippen MR) is 145 cm³/mol. The number of nitrogens with one attached hydrogen (secondary N) is 2. The number of terminal acetylenes is 1. The third kappa shape index (κ3) is 7.84. The van der Waals surface area contributed by atoms with Crippen LogP contribution in [-0.4, -0.2) is 77.0 Å². The molecule has 2 heterocycles. The van der Waals surface area contributed by atoms with E-state index < -0.39 is 27.7 Å². The van der Waals surface area contributed by atoms with Crippen molar-refractivity contribution < 1.29 is 27.9 Å². The molecule has 38 heavy (non-hydrogen) atoms. The Morgan fingerprint density at radius 2 is 1.84 bits per heavy atom. The highest BCUT2D eigenvalue weighted by Gasteiger charge is 2.26. The molecule has 1 amide bonds. The van der Waals surface area contributed by atoms with Crippen LogP contribution in [0.2, 0.25) is 0 Å². The van der Waals surface area contributed by atoms with Crippen molar-refractivity contribution in [3.05, 3.63) is 40.8 Å². The number of carboxylic acids is 1. The number of aromatic nitrogens is 2. The molecule has 0 unspecified atom stereocenters. The zero-order valence-electron chi connectivity index (χ0n) is 22.2. The molecule has 0 saturated carbocycles. The van der Waals surface area contributed by atoms with E-state index in [0.717, 1.165) is 10.7 Å². The second-order valence-electron chi connectivity index (χ2n) is 9.52. The molecule has 3 aromatic rings. The Hall–Kier alpha value is -3.82. The van der Waals surface area contributed by atoms with Crippen molar-refractivity contribution in [2.75, 3.05) is 26.7 Å². The molecular formula is C26H34N4O7S. The highest BCUT2D eigenvalue weighted by Crippen LogP contribution is 2.25. The number of hydrogen-bond donors (Lipinski definition) is 3. The van der Waals surface area contributed by atoms with Gasteiger partial charge in [-0.1, -0.05) is 12.8 Å². The molecule has 206 valence electrons. The van der Waals surface area contributed by atoms with E-state index in [1.807, 2.05) is 6.92 Å². The van der Waals surface area contributed by atoms with Gasteiger partial charge in [-0.3, -0.25) is 9.59 Å². The first-order chi connectivity index (χ1) is 17.7. The van der Waals surface area contributed by atoms with E-state index in [1.165, 1.54) is 24.1 Å². The van der Waals surface area contributed by atoms with Crippen molar-refractivity contribution in [3.8, 4) is 12.3 Å². The fourth-order valence-corrected chi connectivity index (χ4v) is 4.80. The first kappa shape index (κ1) is 30.4. The number of likely N-dealkylation sites (N-methyl/N-ethyl adjacent to an activating group) is 1. The van der Waals surface area contributed by atoms with Crippen LogP contribution in [0.15, 0.2) is 40.2 Å². The summed E-state index contributed by atoms with van der Waals surface area (Å²) in [5.74, 6) is 1.65. The standard InChI is InChI=1S/C22H26N4O5S.C4H8O2/c1-6-11-26(13-12-25(5)21(28)31-22(2,3)4)32(29,30)15-7-8-18-17(14-15)16-9-10-23-19(16)20(27)24-18;1-2-3-4(5)6/h1,7-10,14,23H,11-13H2,2-5H3,(H,24,27);2-3H2,1H3,(H,5,6). The van der Waals surface area contributed by atoms with Gasteiger partial charge < -0.3 is 24.7 Å². The lowest BCUT2D eigenvalue weighted by Crippen LogP contribution is -2.41. The third-order valence-corrected chi connectivity index (χ3v) is 7.10. The number of sulfonamides is 1. The molecule has 0 atom stereocenters. The summed E-state index contributed by atoms with van der Waals surface area (Å²) in [5.41, 5.74) is -0.0566. The maximum Gasteiger partial charge on any atom is 0.410 e. The van der Waals surface area contributed by atoms with Crippen LogP contribution in [0.4, 0.5) is 4.79 Å². The largest absolute Gasteiger partial charge is 0.481 e. The number of H-pyrrole nitrogens is 2. The minimum absolute atomic E-state index is 0.00843. The number of pyridine rings is 1. The number of ether oxygens (including phenoxy) is 1. The number of carbonyl (C=O) groups excluding carboxylic acids is 1. The Bertz CT molecular complexity index is 1490. The van der Waals surface area contributed by atoms with E-state index in [-0.39, 0.29) is 30.1 Å². The second-order valence-corrected chi connectivity index (χ2v) is 11.5. The molecule has 3 N–H and O–H groups in total. The lowest BCUT2D eigenvalue weighted by molar-refractivity contribution is -0.137. The number of benzene rings is 1. The SMILES string of the molecule is C#CCN(CCN(C)C(=O)OC(C)(C)C)S(=O)(=O)c1ccc2[nH]c(=O)c3[nH]ccc3c2c1.CCCC(=O)O. The van der Waals surface area contributed by atoms with Crippen LogP contribution in [-0.2, 0) is 19.6 Å². The van der Waals surface area contributed by atoms with E-state index in [9.17, 15) is 22.8 Å². The van der Waals surface area contributed by atoms with Crippen molar-refractivity contribution in [1.29, 1.82) is 0 Å². The molecule has 0 bridgehead atoms. The zero-order chi connectivity index (χ0) is 28.7. The van der Waals surface area contributed by atoms with Crippen LogP contribution in [0.1, 0.15) is 40.5 Å². The van der Waals surface area contributed by atoms with Gasteiger partial charge in [-0.2, -0.15) is 4.31 Å². The maximum atomic E-state index is 13.3. The highest BCUT2D eigenvalue weighted by atomic mass is 32.2. The number of amides is 1. The minimum atomic E-state index is -3.96. The average Bonchev–Trinajstić information content (AvgIpc) is 3.31. The Morgan fingerprint density at radius 3 is 2.39 bits per heavy atom. The normalized spacial score (nSPS) is 11.6. The molecule has 0 spiro atoms. The second kappa shape index (κ2) is 12.6. The van der Waals surface area contributed by atoms with Gasteiger partial charge in [-0.05, 0) is 51.5 Å². The Labute approximate surface area is 221 Å². The lowest BCUT2D eigenvalue weighted by Gasteiger charge is -2.27. The van der Waals surface area contributed by atoms with Gasteiger partial charge >= 0.3 is 12.1 Å². The molecule has 0 aliphatic carbocycles. The maximum absolute atomic E-state index is 13.3. The highest BCUT2D eigenvalue weighted by molar-refractivity contribution is 7.89. The van der Waals surface area contributed by atoms with E-state index in [2.05, 4.69) is 15.9 Å². The summed E-state index contributed by atoms with van der Waals surface area (Å²) >= 11 is 0. The van der Waals surface area contributed by atoms with Gasteiger partial charge in [0.05, 0.1) is 11.4 Å². The molecule has 1 aromatic carbocycles. The Morgan fingerprint density at radius 1 is 1.16 bits per heavy atom. The van der Waals surface area contributed by atoms with Crippen molar-refractivity contribution in [3.63, 3.8) is 0 Å². The van der Waals surface area contributed by atoms with Crippen LogP contribution in [0.25, 0.3) is 21.8 Å². The summed E-state index contributed by atoms with van der Waals surface area (Å²) in [6, 6.07) is 6.21. The summed E-state index contributed by atoms with van der Waals surface area (Å²) < 4.78 is 33.1. The number of fused-ring (bicyclic) bond motifs is 3. The van der Waals surface area contributed by atoms with E-state index in [1.54, 1.807) is 39.1 Å². The van der Waals surface area contributed by atoms with Gasteiger partial charge in [0, 0.05) is 49.0 Å². The molecule has 3 rings (SSSR count). The van der Waals surface area contributed by atoms with E-state index in [0.29, 0.717) is 28.2 Å². The van der Waals surface area contributed by atoms with Crippen molar-refractivity contribution in [2.45, 2.75) is 51.0 Å². The number of rotatable bonds is 8. The van der Waals surface area contributed by atoms with Crippen LogP contribution in [0.3, 0.4) is 0 Å². The van der Waals surface area contributed by atoms with Crippen LogP contribution in [0.5, 0.6) is 0 Å². The summed E-state index contributed by atoms with van der Waals surface area (Å²) in [6.07, 6.45) is 7.51. The van der Waals surface area contributed by atoms with Crippen LogP contribution < -0.4 is 5.56 Å². The van der Waals surface area contributed by atoms with Crippen LogP contribution in [0, 0.1) is 12.3 Å². The molecule has 12 heteroatoms. The summed E-state index contributed by atoms with van der Waals surface area (Å²) in [7, 11) is -2.43. The number of aromatic amines is 2. The zero-order valence-corrected chi connectivity index (χ0v) is 23.0. The molecule has 0 saturated heterocycles. The number of carboxylic acid groups (broad SMARTS) is 1. The van der Waals surface area contributed by atoms with E-state index >= 15 is 0 Å². The molecule has 2 aromatic heterocycles. The van der Waals surface area contributed by atoms with Gasteiger partial charge in [0.2, 0.25) is 10.0 Å². The van der Waals surface area contributed by atoms with Crippen molar-refractivity contribution in [2.24, 2.45) is 0 Å². The fourth-order valence-electron chi connectivity index (χ4n) is 3.42. The molecule has 0 radical (unpaired) electrons. The number of aliphatic carboxylic acids is 1. The topological polar surface area (TPSA) is 153 Å². The summed E-state index contributed by atoms with van der Waals surface area (Å²) in [5, 5.41) is 9.12.